The van der Waals surface area contributed by atoms with Crippen LogP contribution in [0.1, 0.15) is 17.0 Å². The van der Waals surface area contributed by atoms with Gasteiger partial charge >= 0.3 is 0 Å². The Kier molecular flexibility index (Phi) is 2.90. The minimum absolute atomic E-state index is 0.221. The SMILES string of the molecule is Cc1cc(F)cc(NCc2nc[nH]c2C)c1. The van der Waals surface area contributed by atoms with Crippen LogP contribution in [0, 0.1) is 19.7 Å². The normalized spacial score (nSPS) is 10.4. The maximum Gasteiger partial charge on any atom is 0.125 e. The van der Waals surface area contributed by atoms with Crippen molar-refractivity contribution >= 4 is 5.69 Å². The first-order valence-electron chi connectivity index (χ1n) is 5.15. The molecule has 0 aliphatic carbocycles. The van der Waals surface area contributed by atoms with Crippen LogP contribution in [0.5, 0.6) is 0 Å². The first-order valence-corrected chi connectivity index (χ1v) is 5.15. The van der Waals surface area contributed by atoms with Crippen LogP contribution in [0.3, 0.4) is 0 Å². The molecule has 0 saturated carbocycles. The molecule has 1 aromatic carbocycles. The summed E-state index contributed by atoms with van der Waals surface area (Å²) >= 11 is 0. The minimum atomic E-state index is -0.221. The van der Waals surface area contributed by atoms with Gasteiger partial charge in [-0.15, -0.1) is 0 Å². The van der Waals surface area contributed by atoms with Crippen LogP contribution < -0.4 is 5.32 Å². The van der Waals surface area contributed by atoms with Crippen molar-refractivity contribution in [1.29, 1.82) is 0 Å². The van der Waals surface area contributed by atoms with Crippen molar-refractivity contribution in [3.8, 4) is 0 Å². The average Bonchev–Trinajstić information content (AvgIpc) is 2.59. The molecule has 1 heterocycles. The zero-order valence-electron chi connectivity index (χ0n) is 9.34. The highest BCUT2D eigenvalue weighted by Gasteiger charge is 2.02. The number of hydrogen-bond donors (Lipinski definition) is 2. The van der Waals surface area contributed by atoms with E-state index < -0.39 is 0 Å². The molecule has 0 spiro atoms. The molecule has 0 aliphatic rings. The quantitative estimate of drug-likeness (QED) is 0.833. The maximum atomic E-state index is 13.1. The summed E-state index contributed by atoms with van der Waals surface area (Å²) in [5.74, 6) is -0.221. The summed E-state index contributed by atoms with van der Waals surface area (Å²) in [7, 11) is 0. The molecule has 0 saturated heterocycles. The molecule has 1 aromatic heterocycles. The first-order chi connectivity index (χ1) is 7.65. The Bertz CT molecular complexity index is 471. The Morgan fingerprint density at radius 2 is 2.12 bits per heavy atom. The number of halogens is 1. The third-order valence-electron chi connectivity index (χ3n) is 2.44. The van der Waals surface area contributed by atoms with E-state index in [4.69, 9.17) is 0 Å². The van der Waals surface area contributed by atoms with Crippen molar-refractivity contribution < 1.29 is 4.39 Å². The lowest BCUT2D eigenvalue weighted by Gasteiger charge is -2.06. The number of aryl methyl sites for hydroxylation is 2. The molecule has 2 rings (SSSR count). The lowest BCUT2D eigenvalue weighted by molar-refractivity contribution is 0.627. The van der Waals surface area contributed by atoms with E-state index in [0.29, 0.717) is 6.54 Å². The number of H-pyrrole nitrogens is 1. The van der Waals surface area contributed by atoms with E-state index in [9.17, 15) is 4.39 Å². The number of hydrogen-bond acceptors (Lipinski definition) is 2. The van der Waals surface area contributed by atoms with Crippen LogP contribution in [0.25, 0.3) is 0 Å². The van der Waals surface area contributed by atoms with Crippen molar-refractivity contribution in [2.75, 3.05) is 5.32 Å². The number of benzene rings is 1. The van der Waals surface area contributed by atoms with Crippen molar-refractivity contribution in [1.82, 2.24) is 9.97 Å². The second-order valence-corrected chi connectivity index (χ2v) is 3.85. The topological polar surface area (TPSA) is 40.7 Å². The second-order valence-electron chi connectivity index (χ2n) is 3.85. The summed E-state index contributed by atoms with van der Waals surface area (Å²) in [5, 5.41) is 3.15. The molecule has 0 unspecified atom stereocenters. The summed E-state index contributed by atoms with van der Waals surface area (Å²) in [6.07, 6.45) is 1.66. The molecule has 0 bridgehead atoms. The maximum absolute atomic E-state index is 13.1. The number of imidazole rings is 1. The van der Waals surface area contributed by atoms with Gasteiger partial charge in [-0.25, -0.2) is 9.37 Å². The fraction of sp³-hybridized carbons (Fsp3) is 0.250. The lowest BCUT2D eigenvalue weighted by atomic mass is 10.2. The van der Waals surface area contributed by atoms with Crippen LogP contribution in [0.4, 0.5) is 10.1 Å². The van der Waals surface area contributed by atoms with Gasteiger partial charge < -0.3 is 10.3 Å². The zero-order valence-corrected chi connectivity index (χ0v) is 9.34. The van der Waals surface area contributed by atoms with Crippen LogP contribution >= 0.6 is 0 Å². The van der Waals surface area contributed by atoms with Crippen LogP contribution in [0.15, 0.2) is 24.5 Å². The lowest BCUT2D eigenvalue weighted by Crippen LogP contribution is -2.01. The number of rotatable bonds is 3. The van der Waals surface area contributed by atoms with Gasteiger partial charge in [-0.3, -0.25) is 0 Å². The average molecular weight is 219 g/mol. The molecule has 0 amide bonds. The first kappa shape index (κ1) is 10.7. The molecule has 16 heavy (non-hydrogen) atoms. The van der Waals surface area contributed by atoms with Crippen molar-refractivity contribution in [2.24, 2.45) is 0 Å². The van der Waals surface area contributed by atoms with E-state index in [1.54, 1.807) is 6.33 Å². The van der Waals surface area contributed by atoms with E-state index in [-0.39, 0.29) is 5.82 Å². The molecule has 2 aromatic rings. The molecule has 0 aliphatic heterocycles. The Labute approximate surface area is 93.7 Å². The molecule has 4 heteroatoms. The van der Waals surface area contributed by atoms with Gasteiger partial charge in [-0.1, -0.05) is 0 Å². The molecule has 3 nitrogen and oxygen atoms in total. The van der Waals surface area contributed by atoms with Gasteiger partial charge in [0.05, 0.1) is 18.6 Å². The van der Waals surface area contributed by atoms with Gasteiger partial charge in [0, 0.05) is 11.4 Å². The van der Waals surface area contributed by atoms with E-state index in [0.717, 1.165) is 22.6 Å². The number of aromatic amines is 1. The van der Waals surface area contributed by atoms with Gasteiger partial charge in [0.25, 0.3) is 0 Å². The van der Waals surface area contributed by atoms with E-state index in [2.05, 4.69) is 15.3 Å². The number of nitrogens with one attached hydrogen (secondary N) is 2. The molecule has 0 radical (unpaired) electrons. The van der Waals surface area contributed by atoms with Gasteiger partial charge in [-0.2, -0.15) is 0 Å². The summed E-state index contributed by atoms with van der Waals surface area (Å²) < 4.78 is 13.1. The fourth-order valence-electron chi connectivity index (χ4n) is 1.59. The Morgan fingerprint density at radius 3 is 2.75 bits per heavy atom. The highest BCUT2D eigenvalue weighted by molar-refractivity contribution is 5.46. The minimum Gasteiger partial charge on any atom is -0.379 e. The number of aromatic nitrogens is 2. The van der Waals surface area contributed by atoms with Crippen LogP contribution in [-0.2, 0) is 6.54 Å². The zero-order chi connectivity index (χ0) is 11.5. The summed E-state index contributed by atoms with van der Waals surface area (Å²) in [4.78, 5) is 7.17. The third-order valence-corrected chi connectivity index (χ3v) is 2.44. The largest absolute Gasteiger partial charge is 0.379 e. The summed E-state index contributed by atoms with van der Waals surface area (Å²) in [5.41, 5.74) is 3.66. The van der Waals surface area contributed by atoms with Crippen LogP contribution in [0.2, 0.25) is 0 Å². The second kappa shape index (κ2) is 4.35. The predicted molar refractivity (Wildman–Crippen MR) is 61.8 cm³/mol. The van der Waals surface area contributed by atoms with Crippen molar-refractivity contribution in [3.05, 3.63) is 47.3 Å². The highest BCUT2D eigenvalue weighted by Crippen LogP contribution is 2.14. The van der Waals surface area contributed by atoms with Crippen molar-refractivity contribution in [2.45, 2.75) is 20.4 Å². The van der Waals surface area contributed by atoms with Crippen LogP contribution in [-0.4, -0.2) is 9.97 Å². The van der Waals surface area contributed by atoms with E-state index in [1.165, 1.54) is 12.1 Å². The molecule has 0 fully saturated rings. The smallest absolute Gasteiger partial charge is 0.125 e. The van der Waals surface area contributed by atoms with E-state index >= 15 is 0 Å². The Morgan fingerprint density at radius 1 is 1.31 bits per heavy atom. The van der Waals surface area contributed by atoms with Gasteiger partial charge in [-0.05, 0) is 37.6 Å². The monoisotopic (exact) mass is 219 g/mol. The summed E-state index contributed by atoms with van der Waals surface area (Å²) in [6.45, 7) is 4.42. The molecule has 0 atom stereocenters. The molecular weight excluding hydrogens is 205 g/mol. The highest BCUT2D eigenvalue weighted by atomic mass is 19.1. The van der Waals surface area contributed by atoms with Crippen molar-refractivity contribution in [3.63, 3.8) is 0 Å². The van der Waals surface area contributed by atoms with Gasteiger partial charge in [0.15, 0.2) is 0 Å². The predicted octanol–water partition coefficient (Wildman–Crippen LogP) is 2.78. The summed E-state index contributed by atoms with van der Waals surface area (Å²) in [6, 6.07) is 4.89. The fourth-order valence-corrected chi connectivity index (χ4v) is 1.59. The third kappa shape index (κ3) is 2.39. The number of nitrogens with zero attached hydrogens (tertiary/aromatic N) is 1. The Hall–Kier alpha value is -1.84. The van der Waals surface area contributed by atoms with E-state index in [1.807, 2.05) is 19.9 Å². The standard InChI is InChI=1S/C12H14FN3/c1-8-3-10(13)5-11(4-8)14-6-12-9(2)15-7-16-12/h3-5,7,14H,6H2,1-2H3,(H,15,16). The number of anilines is 1. The van der Waals surface area contributed by atoms with Gasteiger partial charge in [0.1, 0.15) is 5.82 Å². The molecule has 84 valence electrons. The molecule has 2 N–H and O–H groups in total. The van der Waals surface area contributed by atoms with Gasteiger partial charge in [0.2, 0.25) is 0 Å². The Balaban J connectivity index is 2.07. The molecular formula is C12H14FN3.